The van der Waals surface area contributed by atoms with Gasteiger partial charge in [-0.1, -0.05) is 6.58 Å². The van der Waals surface area contributed by atoms with Crippen LogP contribution in [-0.4, -0.2) is 18.0 Å². The lowest BCUT2D eigenvalue weighted by Gasteiger charge is -2.07. The highest BCUT2D eigenvalue weighted by atomic mass is 16.5. The highest BCUT2D eigenvalue weighted by Crippen LogP contribution is 2.39. The van der Waals surface area contributed by atoms with Crippen molar-refractivity contribution >= 4 is 5.78 Å². The summed E-state index contributed by atoms with van der Waals surface area (Å²) in [6, 6.07) is 3.21. The predicted molar refractivity (Wildman–Crippen MR) is 53.0 cm³/mol. The van der Waals surface area contributed by atoms with Crippen molar-refractivity contribution in [3.63, 3.8) is 0 Å². The van der Waals surface area contributed by atoms with Crippen molar-refractivity contribution in [2.75, 3.05) is 7.11 Å². The third-order valence-electron chi connectivity index (χ3n) is 2.24. The van der Waals surface area contributed by atoms with Crippen molar-refractivity contribution in [3.8, 4) is 11.5 Å². The average molecular weight is 206 g/mol. The third-order valence-corrected chi connectivity index (χ3v) is 2.24. The number of benzene rings is 1. The molecule has 0 bridgehead atoms. The molecule has 0 aromatic heterocycles. The SMILES string of the molecule is C=C1Oc2c(OC)cc(CO)cc2C1=O. The van der Waals surface area contributed by atoms with Crippen molar-refractivity contribution < 1.29 is 19.4 Å². The Morgan fingerprint density at radius 2 is 2.27 bits per heavy atom. The fourth-order valence-electron chi connectivity index (χ4n) is 1.50. The van der Waals surface area contributed by atoms with Crippen molar-refractivity contribution in [3.05, 3.63) is 35.6 Å². The van der Waals surface area contributed by atoms with E-state index in [0.717, 1.165) is 0 Å². The van der Waals surface area contributed by atoms with Gasteiger partial charge in [0.2, 0.25) is 5.78 Å². The van der Waals surface area contributed by atoms with Crippen LogP contribution in [0.25, 0.3) is 0 Å². The molecule has 1 aromatic rings. The molecule has 78 valence electrons. The first-order valence-corrected chi connectivity index (χ1v) is 4.40. The lowest BCUT2D eigenvalue weighted by molar-refractivity contribution is 0.101. The average Bonchev–Trinajstić information content (AvgIpc) is 2.54. The summed E-state index contributed by atoms with van der Waals surface area (Å²) in [6.07, 6.45) is 0. The van der Waals surface area contributed by atoms with Gasteiger partial charge in [-0.2, -0.15) is 0 Å². The fourth-order valence-corrected chi connectivity index (χ4v) is 1.50. The van der Waals surface area contributed by atoms with Gasteiger partial charge in [-0.15, -0.1) is 0 Å². The second kappa shape index (κ2) is 3.40. The molecule has 4 heteroatoms. The standard InChI is InChI=1S/C11H10O4/c1-6-10(13)8-3-7(5-12)4-9(14-2)11(8)15-6/h3-4,12H,1,5H2,2H3. The van der Waals surface area contributed by atoms with Gasteiger partial charge in [0.25, 0.3) is 0 Å². The zero-order chi connectivity index (χ0) is 11.0. The number of carbonyl (C=O) groups excluding carboxylic acids is 1. The van der Waals surface area contributed by atoms with Crippen LogP contribution < -0.4 is 9.47 Å². The smallest absolute Gasteiger partial charge is 0.231 e. The Morgan fingerprint density at radius 3 is 2.87 bits per heavy atom. The van der Waals surface area contributed by atoms with Crippen LogP contribution in [0, 0.1) is 0 Å². The van der Waals surface area contributed by atoms with Gasteiger partial charge in [0.1, 0.15) is 0 Å². The Bertz CT molecular complexity index is 448. The molecule has 0 saturated carbocycles. The van der Waals surface area contributed by atoms with Gasteiger partial charge in [0.05, 0.1) is 19.3 Å². The zero-order valence-electron chi connectivity index (χ0n) is 8.24. The lowest BCUT2D eigenvalue weighted by atomic mass is 10.1. The Kier molecular flexibility index (Phi) is 2.21. The van der Waals surface area contributed by atoms with E-state index in [1.54, 1.807) is 12.1 Å². The minimum absolute atomic E-state index is 0.0818. The number of ether oxygens (including phenoxy) is 2. The maximum Gasteiger partial charge on any atom is 0.231 e. The summed E-state index contributed by atoms with van der Waals surface area (Å²) < 4.78 is 10.3. The number of carbonyl (C=O) groups is 1. The summed E-state index contributed by atoms with van der Waals surface area (Å²) >= 11 is 0. The largest absolute Gasteiger partial charge is 0.493 e. The summed E-state index contributed by atoms with van der Waals surface area (Å²) in [4.78, 5) is 11.6. The maximum absolute atomic E-state index is 11.6. The van der Waals surface area contributed by atoms with Gasteiger partial charge in [0.15, 0.2) is 17.3 Å². The summed E-state index contributed by atoms with van der Waals surface area (Å²) in [5.74, 6) is 0.630. The molecule has 0 fully saturated rings. The maximum atomic E-state index is 11.6. The Morgan fingerprint density at radius 1 is 1.53 bits per heavy atom. The minimum Gasteiger partial charge on any atom is -0.493 e. The number of methoxy groups -OCH3 is 1. The second-order valence-corrected chi connectivity index (χ2v) is 3.19. The van der Waals surface area contributed by atoms with Crippen LogP contribution >= 0.6 is 0 Å². The van der Waals surface area contributed by atoms with Crippen molar-refractivity contribution in [1.82, 2.24) is 0 Å². The summed E-state index contributed by atoms with van der Waals surface area (Å²) in [6.45, 7) is 3.34. The van der Waals surface area contributed by atoms with Crippen LogP contribution in [-0.2, 0) is 6.61 Å². The number of ketones is 1. The molecule has 0 unspecified atom stereocenters. The molecule has 15 heavy (non-hydrogen) atoms. The van der Waals surface area contributed by atoms with E-state index in [1.165, 1.54) is 7.11 Å². The first-order chi connectivity index (χ1) is 7.17. The molecule has 0 spiro atoms. The molecule has 0 aliphatic carbocycles. The quantitative estimate of drug-likeness (QED) is 0.740. The van der Waals surface area contributed by atoms with Gasteiger partial charge in [-0.25, -0.2) is 0 Å². The van der Waals surface area contributed by atoms with Crippen molar-refractivity contribution in [1.29, 1.82) is 0 Å². The van der Waals surface area contributed by atoms with Crippen LogP contribution in [0.15, 0.2) is 24.5 Å². The molecule has 0 radical (unpaired) electrons. The molecule has 1 aromatic carbocycles. The van der Waals surface area contributed by atoms with Gasteiger partial charge in [-0.3, -0.25) is 4.79 Å². The Labute approximate surface area is 86.7 Å². The number of aliphatic hydroxyl groups excluding tert-OH is 1. The van der Waals surface area contributed by atoms with Crippen LogP contribution in [0.5, 0.6) is 11.5 Å². The molecule has 1 heterocycles. The number of Topliss-reactive ketones (excluding diaryl/α,β-unsaturated/α-hetero) is 1. The van der Waals surface area contributed by atoms with Crippen molar-refractivity contribution in [2.24, 2.45) is 0 Å². The highest BCUT2D eigenvalue weighted by Gasteiger charge is 2.29. The van der Waals surface area contributed by atoms with E-state index in [0.29, 0.717) is 22.6 Å². The minimum atomic E-state index is -0.265. The number of aliphatic hydroxyl groups is 1. The normalized spacial score (nSPS) is 13.7. The van der Waals surface area contributed by atoms with Gasteiger partial charge in [-0.05, 0) is 17.7 Å². The fraction of sp³-hybridized carbons (Fsp3) is 0.182. The van der Waals surface area contributed by atoms with Gasteiger partial charge >= 0.3 is 0 Å². The molecular weight excluding hydrogens is 196 g/mol. The molecule has 2 rings (SSSR count). The lowest BCUT2D eigenvalue weighted by Crippen LogP contribution is -1.96. The highest BCUT2D eigenvalue weighted by molar-refractivity contribution is 6.12. The number of allylic oxidation sites excluding steroid dienone is 1. The van der Waals surface area contributed by atoms with Crippen LogP contribution in [0.2, 0.25) is 0 Å². The van der Waals surface area contributed by atoms with Crippen LogP contribution in [0.1, 0.15) is 15.9 Å². The summed E-state index contributed by atoms with van der Waals surface area (Å²) in [5, 5.41) is 9.01. The van der Waals surface area contributed by atoms with Gasteiger partial charge in [0, 0.05) is 0 Å². The van der Waals surface area contributed by atoms with Gasteiger partial charge < -0.3 is 14.6 Å². The first kappa shape index (κ1) is 9.73. The molecular formula is C11H10O4. The molecule has 4 nitrogen and oxygen atoms in total. The van der Waals surface area contributed by atoms with E-state index in [1.807, 2.05) is 0 Å². The van der Waals surface area contributed by atoms with E-state index in [4.69, 9.17) is 14.6 Å². The first-order valence-electron chi connectivity index (χ1n) is 4.40. The van der Waals surface area contributed by atoms with Crippen molar-refractivity contribution in [2.45, 2.75) is 6.61 Å². The number of hydrogen-bond acceptors (Lipinski definition) is 4. The molecule has 0 amide bonds. The summed E-state index contributed by atoms with van der Waals surface area (Å²) in [7, 11) is 1.48. The van der Waals surface area contributed by atoms with E-state index < -0.39 is 0 Å². The van der Waals surface area contributed by atoms with E-state index in [2.05, 4.69) is 6.58 Å². The molecule has 1 aliphatic rings. The van der Waals surface area contributed by atoms with Crippen LogP contribution in [0.4, 0.5) is 0 Å². The molecule has 0 atom stereocenters. The van der Waals surface area contributed by atoms with E-state index >= 15 is 0 Å². The number of hydrogen-bond donors (Lipinski definition) is 1. The Balaban J connectivity index is 2.62. The molecule has 1 N–H and O–H groups in total. The third kappa shape index (κ3) is 1.39. The monoisotopic (exact) mass is 206 g/mol. The topological polar surface area (TPSA) is 55.8 Å². The number of rotatable bonds is 2. The second-order valence-electron chi connectivity index (χ2n) is 3.19. The number of fused-ring (bicyclic) bond motifs is 1. The summed E-state index contributed by atoms with van der Waals surface area (Å²) in [5.41, 5.74) is 1.00. The van der Waals surface area contributed by atoms with E-state index in [9.17, 15) is 4.79 Å². The van der Waals surface area contributed by atoms with Crippen LogP contribution in [0.3, 0.4) is 0 Å². The Hall–Kier alpha value is -1.81. The zero-order valence-corrected chi connectivity index (χ0v) is 8.24. The van der Waals surface area contributed by atoms with E-state index in [-0.39, 0.29) is 18.1 Å². The molecule has 1 aliphatic heterocycles. The predicted octanol–water partition coefficient (Wildman–Crippen LogP) is 1.28. The molecule has 0 saturated heterocycles.